The normalized spacial score (nSPS) is 11.8. The van der Waals surface area contributed by atoms with Gasteiger partial charge in [-0.1, -0.05) is 30.3 Å². The molecule has 0 saturated heterocycles. The maximum Gasteiger partial charge on any atom is 0.407 e. The summed E-state index contributed by atoms with van der Waals surface area (Å²) in [4.78, 5) is 15.4. The lowest BCUT2D eigenvalue weighted by atomic mass is 10.1. The first-order valence-electron chi connectivity index (χ1n) is 6.65. The topological polar surface area (TPSA) is 51.2 Å². The number of benzene rings is 1. The minimum atomic E-state index is -0.591. The number of pyridine rings is 1. The molecule has 110 valence electrons. The van der Waals surface area contributed by atoms with Crippen LogP contribution >= 0.6 is 0 Å². The van der Waals surface area contributed by atoms with Gasteiger partial charge in [0.2, 0.25) is 5.95 Å². The molecule has 1 aromatic carbocycles. The van der Waals surface area contributed by atoms with Gasteiger partial charge in [-0.2, -0.15) is 4.39 Å². The fourth-order valence-corrected chi connectivity index (χ4v) is 1.90. The van der Waals surface area contributed by atoms with Crippen LogP contribution in [0.4, 0.5) is 9.18 Å². The van der Waals surface area contributed by atoms with E-state index in [0.29, 0.717) is 5.56 Å². The molecule has 0 bridgehead atoms. The number of alkyl carbamates (subject to hydrolysis) is 1. The molecule has 1 heterocycles. The van der Waals surface area contributed by atoms with Gasteiger partial charge in [-0.3, -0.25) is 0 Å². The van der Waals surface area contributed by atoms with Crippen LogP contribution < -0.4 is 5.32 Å². The Bertz CT molecular complexity index is 617. The van der Waals surface area contributed by atoms with E-state index in [0.717, 1.165) is 11.1 Å². The molecule has 5 heteroatoms. The molecule has 1 unspecified atom stereocenters. The summed E-state index contributed by atoms with van der Waals surface area (Å²) in [6, 6.07) is 10.5. The van der Waals surface area contributed by atoms with Gasteiger partial charge in [0, 0.05) is 11.8 Å². The molecule has 2 aromatic rings. The fourth-order valence-electron chi connectivity index (χ4n) is 1.90. The summed E-state index contributed by atoms with van der Waals surface area (Å²) in [6.07, 6.45) is 0.853. The molecule has 0 aliphatic heterocycles. The average Bonchev–Trinajstić information content (AvgIpc) is 2.48. The van der Waals surface area contributed by atoms with Gasteiger partial charge in [-0.05, 0) is 31.0 Å². The number of hydrogen-bond acceptors (Lipinski definition) is 3. The Kier molecular flexibility index (Phi) is 4.87. The van der Waals surface area contributed by atoms with Crippen molar-refractivity contribution >= 4 is 6.09 Å². The number of rotatable bonds is 4. The predicted octanol–water partition coefficient (Wildman–Crippen LogP) is 3.52. The molecule has 1 amide bonds. The van der Waals surface area contributed by atoms with E-state index in [2.05, 4.69) is 10.3 Å². The van der Waals surface area contributed by atoms with Crippen LogP contribution in [0.3, 0.4) is 0 Å². The summed E-state index contributed by atoms with van der Waals surface area (Å²) in [5, 5.41) is 2.59. The Morgan fingerprint density at radius 3 is 2.81 bits per heavy atom. The second kappa shape index (κ2) is 6.83. The lowest BCUT2D eigenvalue weighted by Crippen LogP contribution is -2.28. The highest BCUT2D eigenvalue weighted by atomic mass is 19.1. The number of carbonyl (C=O) groups is 1. The highest BCUT2D eigenvalue weighted by Crippen LogP contribution is 2.16. The Labute approximate surface area is 123 Å². The van der Waals surface area contributed by atoms with Crippen molar-refractivity contribution in [3.05, 3.63) is 65.2 Å². The number of nitrogens with one attached hydrogen (secondary N) is 1. The van der Waals surface area contributed by atoms with Crippen LogP contribution in [-0.4, -0.2) is 11.1 Å². The number of amides is 1. The quantitative estimate of drug-likeness (QED) is 0.876. The summed E-state index contributed by atoms with van der Waals surface area (Å²) in [5.41, 5.74) is 2.06. The summed E-state index contributed by atoms with van der Waals surface area (Å²) in [6.45, 7) is 3.67. The zero-order valence-corrected chi connectivity index (χ0v) is 12.0. The van der Waals surface area contributed by atoms with Crippen molar-refractivity contribution in [3.8, 4) is 0 Å². The number of aryl methyl sites for hydroxylation is 1. The zero-order valence-electron chi connectivity index (χ0n) is 12.0. The van der Waals surface area contributed by atoms with Crippen LogP contribution in [0.2, 0.25) is 0 Å². The highest BCUT2D eigenvalue weighted by Gasteiger charge is 2.15. The zero-order chi connectivity index (χ0) is 15.2. The summed E-state index contributed by atoms with van der Waals surface area (Å²) in [5.74, 6) is -0.587. The third-order valence-corrected chi connectivity index (χ3v) is 3.02. The molecule has 4 nitrogen and oxygen atoms in total. The van der Waals surface area contributed by atoms with Crippen molar-refractivity contribution < 1.29 is 13.9 Å². The van der Waals surface area contributed by atoms with Gasteiger partial charge < -0.3 is 10.1 Å². The number of aromatic nitrogens is 1. The molecule has 0 aliphatic carbocycles. The van der Waals surface area contributed by atoms with Crippen LogP contribution in [-0.2, 0) is 11.3 Å². The number of halogens is 1. The first-order valence-corrected chi connectivity index (χ1v) is 6.65. The smallest absolute Gasteiger partial charge is 0.407 e. The molecule has 0 fully saturated rings. The van der Waals surface area contributed by atoms with Crippen molar-refractivity contribution in [3.63, 3.8) is 0 Å². The Balaban J connectivity index is 1.91. The largest absolute Gasteiger partial charge is 0.445 e. The lowest BCUT2D eigenvalue weighted by molar-refractivity contribution is 0.136. The van der Waals surface area contributed by atoms with E-state index in [1.165, 1.54) is 6.20 Å². The summed E-state index contributed by atoms with van der Waals surface area (Å²) in [7, 11) is 0. The fraction of sp³-hybridized carbons (Fsp3) is 0.250. The van der Waals surface area contributed by atoms with E-state index in [9.17, 15) is 9.18 Å². The minimum absolute atomic E-state index is 0.175. The van der Waals surface area contributed by atoms with Crippen LogP contribution in [0.1, 0.15) is 29.7 Å². The second-order valence-electron chi connectivity index (χ2n) is 4.82. The van der Waals surface area contributed by atoms with Gasteiger partial charge in [-0.25, -0.2) is 9.78 Å². The van der Waals surface area contributed by atoms with E-state index >= 15 is 0 Å². The third kappa shape index (κ3) is 4.27. The molecule has 2 rings (SSSR count). The molecular weight excluding hydrogens is 271 g/mol. The van der Waals surface area contributed by atoms with Crippen LogP contribution in [0, 0.1) is 12.9 Å². The SMILES string of the molecule is Cc1cnc(F)c(C(C)NC(=O)OCc2ccccc2)c1. The van der Waals surface area contributed by atoms with Crippen molar-refractivity contribution in [2.45, 2.75) is 26.5 Å². The van der Waals surface area contributed by atoms with Gasteiger partial charge in [0.1, 0.15) is 6.61 Å². The molecule has 0 aliphatic rings. The van der Waals surface area contributed by atoms with Gasteiger partial charge in [0.25, 0.3) is 0 Å². The van der Waals surface area contributed by atoms with Crippen molar-refractivity contribution in [2.75, 3.05) is 0 Å². The van der Waals surface area contributed by atoms with Crippen LogP contribution in [0.25, 0.3) is 0 Å². The van der Waals surface area contributed by atoms with Gasteiger partial charge in [0.05, 0.1) is 6.04 Å². The molecule has 1 atom stereocenters. The highest BCUT2D eigenvalue weighted by molar-refractivity contribution is 5.67. The predicted molar refractivity (Wildman–Crippen MR) is 77.1 cm³/mol. The Morgan fingerprint density at radius 2 is 2.10 bits per heavy atom. The molecule has 1 aromatic heterocycles. The van der Waals surface area contributed by atoms with E-state index < -0.39 is 18.1 Å². The molecule has 21 heavy (non-hydrogen) atoms. The molecule has 0 radical (unpaired) electrons. The minimum Gasteiger partial charge on any atom is -0.445 e. The van der Waals surface area contributed by atoms with E-state index in [1.54, 1.807) is 13.0 Å². The third-order valence-electron chi connectivity index (χ3n) is 3.02. The van der Waals surface area contributed by atoms with E-state index in [-0.39, 0.29) is 6.61 Å². The number of hydrogen-bond donors (Lipinski definition) is 1. The maximum atomic E-state index is 13.6. The average molecular weight is 288 g/mol. The van der Waals surface area contributed by atoms with Crippen LogP contribution in [0.15, 0.2) is 42.6 Å². The van der Waals surface area contributed by atoms with Crippen LogP contribution in [0.5, 0.6) is 0 Å². The number of ether oxygens (including phenoxy) is 1. The van der Waals surface area contributed by atoms with Crippen molar-refractivity contribution in [2.24, 2.45) is 0 Å². The van der Waals surface area contributed by atoms with Gasteiger partial charge in [0.15, 0.2) is 0 Å². The number of nitrogens with zero attached hydrogens (tertiary/aromatic N) is 1. The van der Waals surface area contributed by atoms with Gasteiger partial charge in [-0.15, -0.1) is 0 Å². The molecular formula is C16H17FN2O2. The van der Waals surface area contributed by atoms with E-state index in [4.69, 9.17) is 4.74 Å². The maximum absolute atomic E-state index is 13.6. The Hall–Kier alpha value is -2.43. The standard InChI is InChI=1S/C16H17FN2O2/c1-11-8-14(15(17)18-9-11)12(2)19-16(20)21-10-13-6-4-3-5-7-13/h3-9,12H,10H2,1-2H3,(H,19,20). The molecule has 1 N–H and O–H groups in total. The molecule has 0 saturated carbocycles. The van der Waals surface area contributed by atoms with Crippen molar-refractivity contribution in [1.29, 1.82) is 0 Å². The first kappa shape index (κ1) is 15.0. The summed E-state index contributed by atoms with van der Waals surface area (Å²) < 4.78 is 18.7. The van der Waals surface area contributed by atoms with Gasteiger partial charge >= 0.3 is 6.09 Å². The number of carbonyl (C=O) groups excluding carboxylic acids is 1. The summed E-state index contributed by atoms with van der Waals surface area (Å²) >= 11 is 0. The first-order chi connectivity index (χ1) is 10.1. The van der Waals surface area contributed by atoms with Crippen molar-refractivity contribution in [1.82, 2.24) is 10.3 Å². The molecule has 0 spiro atoms. The lowest BCUT2D eigenvalue weighted by Gasteiger charge is -2.15. The van der Waals surface area contributed by atoms with E-state index in [1.807, 2.05) is 37.3 Å². The Morgan fingerprint density at radius 1 is 1.38 bits per heavy atom. The second-order valence-corrected chi connectivity index (χ2v) is 4.82. The monoisotopic (exact) mass is 288 g/mol.